The predicted molar refractivity (Wildman–Crippen MR) is 92.4 cm³/mol. The summed E-state index contributed by atoms with van der Waals surface area (Å²) in [6.07, 6.45) is 4.05. The van der Waals surface area contributed by atoms with Crippen LogP contribution in [0.3, 0.4) is 0 Å². The van der Waals surface area contributed by atoms with Crippen LogP contribution in [0.15, 0.2) is 91.0 Å². The lowest BCUT2D eigenvalue weighted by Gasteiger charge is -2.26. The maximum Gasteiger partial charge on any atom is 0.286 e. The zero-order valence-corrected chi connectivity index (χ0v) is 12.6. The van der Waals surface area contributed by atoms with E-state index in [4.69, 9.17) is 0 Å². The Morgan fingerprint density at radius 3 is 1.78 bits per heavy atom. The van der Waals surface area contributed by atoms with E-state index >= 15 is 0 Å². The molecule has 0 N–H and O–H groups in total. The average molecular weight is 298 g/mol. The maximum absolute atomic E-state index is 13.4. The van der Waals surface area contributed by atoms with E-state index in [1.54, 1.807) is 0 Å². The zero-order chi connectivity index (χ0) is 15.7. The summed E-state index contributed by atoms with van der Waals surface area (Å²) in [6, 6.07) is 27.6. The molecule has 0 fully saturated rings. The van der Waals surface area contributed by atoms with Gasteiger partial charge >= 0.3 is 0 Å². The minimum absolute atomic E-state index is 0.697. The fraction of sp³-hybridized carbons (Fsp3) is 0.0476. The first-order chi connectivity index (χ1) is 11.3. The first-order valence-electron chi connectivity index (χ1n) is 7.69. The Morgan fingerprint density at radius 2 is 1.17 bits per heavy atom. The van der Waals surface area contributed by atoms with Crippen LogP contribution in [0.5, 0.6) is 0 Å². The zero-order valence-electron chi connectivity index (χ0n) is 12.6. The number of hydrogen-bond donors (Lipinski definition) is 0. The highest BCUT2D eigenvalue weighted by atomic mass is 16.3. The van der Waals surface area contributed by atoms with Crippen LogP contribution in [0.2, 0.25) is 0 Å². The quantitative estimate of drug-likeness (QED) is 0.605. The molecule has 1 aliphatic heterocycles. The lowest BCUT2D eigenvalue weighted by molar-refractivity contribution is -0.536. The molecule has 0 spiro atoms. The van der Waals surface area contributed by atoms with E-state index in [1.165, 1.54) is 0 Å². The van der Waals surface area contributed by atoms with Gasteiger partial charge in [0.1, 0.15) is 0 Å². The molecule has 0 aliphatic carbocycles. The SMILES string of the molecule is O=[N+]1c2ccccc2C=CC1(c1ccccc1)c1ccccc1. The van der Waals surface area contributed by atoms with E-state index in [-0.39, 0.29) is 0 Å². The van der Waals surface area contributed by atoms with Crippen LogP contribution in [0.4, 0.5) is 5.69 Å². The standard InChI is InChI=1S/C21H16NO/c23-22-20-14-8-7-9-17(20)15-16-21(22,18-10-3-1-4-11-18)19-12-5-2-6-13-19/h1-16H/q+1. The van der Waals surface area contributed by atoms with E-state index in [1.807, 2.05) is 97.1 Å². The Kier molecular flexibility index (Phi) is 3.16. The van der Waals surface area contributed by atoms with Crippen molar-refractivity contribution < 1.29 is 4.76 Å². The molecule has 2 heteroatoms. The van der Waals surface area contributed by atoms with Crippen LogP contribution in [-0.4, -0.2) is 4.76 Å². The number of para-hydroxylation sites is 1. The second kappa shape index (κ2) is 5.33. The van der Waals surface area contributed by atoms with Crippen molar-refractivity contribution in [2.24, 2.45) is 0 Å². The molecule has 4 rings (SSSR count). The van der Waals surface area contributed by atoms with Crippen molar-refractivity contribution in [3.8, 4) is 0 Å². The molecule has 110 valence electrons. The fourth-order valence-corrected chi connectivity index (χ4v) is 3.26. The van der Waals surface area contributed by atoms with E-state index in [0.29, 0.717) is 5.69 Å². The number of hydrogen-bond acceptors (Lipinski definition) is 1. The van der Waals surface area contributed by atoms with Crippen LogP contribution >= 0.6 is 0 Å². The largest absolute Gasteiger partial charge is 0.286 e. The summed E-state index contributed by atoms with van der Waals surface area (Å²) in [5.74, 6) is 0. The molecular formula is C21H16NO+. The van der Waals surface area contributed by atoms with Gasteiger partial charge < -0.3 is 0 Å². The molecule has 0 radical (unpaired) electrons. The Hall–Kier alpha value is -3.00. The maximum atomic E-state index is 13.4. The topological polar surface area (TPSA) is 20.1 Å². The van der Waals surface area contributed by atoms with Gasteiger partial charge in [-0.05, 0) is 12.1 Å². The first-order valence-corrected chi connectivity index (χ1v) is 7.69. The van der Waals surface area contributed by atoms with Gasteiger partial charge in [0.25, 0.3) is 11.2 Å². The summed E-state index contributed by atoms with van der Waals surface area (Å²) in [4.78, 5) is 13.4. The second-order valence-electron chi connectivity index (χ2n) is 5.68. The normalized spacial score (nSPS) is 15.2. The molecule has 0 unspecified atom stereocenters. The Bertz CT molecular complexity index is 842. The molecule has 2 nitrogen and oxygen atoms in total. The van der Waals surface area contributed by atoms with E-state index in [0.717, 1.165) is 21.5 Å². The highest BCUT2D eigenvalue weighted by Crippen LogP contribution is 2.43. The molecule has 0 saturated heterocycles. The average Bonchev–Trinajstić information content (AvgIpc) is 2.64. The number of nitrogens with zero attached hydrogens (tertiary/aromatic N) is 1. The van der Waals surface area contributed by atoms with Crippen molar-refractivity contribution in [1.82, 2.24) is 0 Å². The lowest BCUT2D eigenvalue weighted by Crippen LogP contribution is -2.37. The van der Waals surface area contributed by atoms with Gasteiger partial charge in [0.15, 0.2) is 0 Å². The summed E-state index contributed by atoms with van der Waals surface area (Å²) in [6.45, 7) is 0. The molecule has 3 aromatic rings. The molecule has 0 amide bonds. The smallest absolute Gasteiger partial charge is 0.0622 e. The van der Waals surface area contributed by atoms with Crippen molar-refractivity contribution in [3.63, 3.8) is 0 Å². The summed E-state index contributed by atoms with van der Waals surface area (Å²) in [7, 11) is 0. The van der Waals surface area contributed by atoms with Crippen molar-refractivity contribution in [3.05, 3.63) is 113 Å². The molecular weight excluding hydrogens is 282 g/mol. The monoisotopic (exact) mass is 298 g/mol. The summed E-state index contributed by atoms with van der Waals surface area (Å²) in [5, 5.41) is 0. The number of nitroso groups, excluding NO2 is 1. The number of rotatable bonds is 2. The minimum Gasteiger partial charge on any atom is -0.0622 e. The number of fused-ring (bicyclic) bond motifs is 1. The summed E-state index contributed by atoms with van der Waals surface area (Å²) < 4.78 is 1.13. The highest BCUT2D eigenvalue weighted by molar-refractivity contribution is 5.66. The van der Waals surface area contributed by atoms with Crippen LogP contribution < -0.4 is 0 Å². The first kappa shape index (κ1) is 13.6. The molecule has 1 heterocycles. The summed E-state index contributed by atoms with van der Waals surface area (Å²) in [5.41, 5.74) is 2.74. The molecule has 0 saturated carbocycles. The predicted octanol–water partition coefficient (Wildman–Crippen LogP) is 5.07. The molecule has 3 aromatic carbocycles. The van der Waals surface area contributed by atoms with Crippen molar-refractivity contribution in [2.75, 3.05) is 0 Å². The number of benzene rings is 3. The summed E-state index contributed by atoms with van der Waals surface area (Å²) >= 11 is 0. The van der Waals surface area contributed by atoms with Crippen LogP contribution in [0.25, 0.3) is 6.08 Å². The Labute approximate surface area is 135 Å². The third-order valence-electron chi connectivity index (χ3n) is 4.41. The van der Waals surface area contributed by atoms with Gasteiger partial charge in [-0.15, -0.1) is 0 Å². The molecule has 1 aliphatic rings. The van der Waals surface area contributed by atoms with Crippen LogP contribution in [-0.2, 0) is 5.54 Å². The van der Waals surface area contributed by atoms with E-state index in [9.17, 15) is 4.91 Å². The van der Waals surface area contributed by atoms with Gasteiger partial charge in [0, 0.05) is 28.2 Å². The van der Waals surface area contributed by atoms with E-state index in [2.05, 4.69) is 0 Å². The van der Waals surface area contributed by atoms with E-state index < -0.39 is 5.54 Å². The third-order valence-corrected chi connectivity index (χ3v) is 4.41. The second-order valence-corrected chi connectivity index (χ2v) is 5.68. The third kappa shape index (κ3) is 2.03. The highest BCUT2D eigenvalue weighted by Gasteiger charge is 2.50. The van der Waals surface area contributed by atoms with Gasteiger partial charge in [-0.2, -0.15) is 0 Å². The van der Waals surface area contributed by atoms with Crippen molar-refractivity contribution in [2.45, 2.75) is 5.54 Å². The molecule has 23 heavy (non-hydrogen) atoms. The Morgan fingerprint density at radius 1 is 0.652 bits per heavy atom. The molecule has 0 bridgehead atoms. The van der Waals surface area contributed by atoms with Gasteiger partial charge in [-0.3, -0.25) is 0 Å². The molecule has 0 aromatic heterocycles. The fourth-order valence-electron chi connectivity index (χ4n) is 3.26. The van der Waals surface area contributed by atoms with Crippen LogP contribution in [0.1, 0.15) is 16.7 Å². The minimum atomic E-state index is -0.836. The lowest BCUT2D eigenvalue weighted by atomic mass is 9.79. The molecule has 0 atom stereocenters. The van der Waals surface area contributed by atoms with Crippen molar-refractivity contribution >= 4 is 11.8 Å². The Balaban J connectivity index is 2.02. The van der Waals surface area contributed by atoms with Gasteiger partial charge in [-0.25, -0.2) is 0 Å². The van der Waals surface area contributed by atoms with Gasteiger partial charge in [-0.1, -0.05) is 72.8 Å². The van der Waals surface area contributed by atoms with Gasteiger partial charge in [0.2, 0.25) is 0 Å². The van der Waals surface area contributed by atoms with Gasteiger partial charge in [0.05, 0.1) is 10.3 Å². The van der Waals surface area contributed by atoms with Crippen molar-refractivity contribution in [1.29, 1.82) is 0 Å². The van der Waals surface area contributed by atoms with Crippen LogP contribution in [0, 0.1) is 4.91 Å².